The van der Waals surface area contributed by atoms with E-state index in [1.165, 1.54) is 0 Å². The average molecular weight is 334 g/mol. The maximum atomic E-state index is 9.20. The summed E-state index contributed by atoms with van der Waals surface area (Å²) in [6.07, 6.45) is 0. The predicted octanol–water partition coefficient (Wildman–Crippen LogP) is 2.42. The fourth-order valence-corrected chi connectivity index (χ4v) is 2.62. The van der Waals surface area contributed by atoms with Gasteiger partial charge in [0.25, 0.3) is 0 Å². The van der Waals surface area contributed by atoms with E-state index in [2.05, 4.69) is 0 Å². The molecule has 0 aliphatic carbocycles. The number of aromatic nitrogens is 2. The van der Waals surface area contributed by atoms with E-state index >= 15 is 0 Å². The van der Waals surface area contributed by atoms with E-state index in [0.29, 0.717) is 25.3 Å². The van der Waals surface area contributed by atoms with Crippen LogP contribution < -0.4 is 10.4 Å². The van der Waals surface area contributed by atoms with Crippen LogP contribution in [0.25, 0.3) is 11.0 Å². The Morgan fingerprint density at radius 2 is 1.43 bits per heavy atom. The smallest absolute Gasteiger partial charge is 0.203 e. The molecule has 122 valence electrons. The van der Waals surface area contributed by atoms with Crippen LogP contribution in [-0.4, -0.2) is 27.5 Å². The van der Waals surface area contributed by atoms with Gasteiger partial charge in [-0.05, 0) is 24.3 Å². The number of benzene rings is 2. The van der Waals surface area contributed by atoms with Crippen molar-refractivity contribution >= 4 is 23.4 Å². The molecule has 23 heavy (non-hydrogen) atoms. The fourth-order valence-electron chi connectivity index (χ4n) is 2.62. The van der Waals surface area contributed by atoms with Gasteiger partial charge in [0, 0.05) is 6.54 Å². The van der Waals surface area contributed by atoms with Crippen LogP contribution in [0.5, 0.6) is 5.75 Å². The minimum atomic E-state index is 0. The molecule has 0 saturated heterocycles. The van der Waals surface area contributed by atoms with E-state index in [0.717, 1.165) is 16.8 Å². The van der Waals surface area contributed by atoms with Gasteiger partial charge in [0.2, 0.25) is 5.62 Å². The van der Waals surface area contributed by atoms with E-state index in [4.69, 9.17) is 10.1 Å². The van der Waals surface area contributed by atoms with E-state index < -0.39 is 0 Å². The topological polar surface area (TPSA) is 63.2 Å². The maximum absolute atomic E-state index is 9.20. The molecule has 0 aliphatic heterocycles. The number of nitrogens with one attached hydrogen (secondary N) is 1. The van der Waals surface area contributed by atoms with Crippen LogP contribution in [0.2, 0.25) is 0 Å². The number of aliphatic hydroxyl groups is 1. The molecule has 5 nitrogen and oxygen atoms in total. The van der Waals surface area contributed by atoms with Gasteiger partial charge in [0.15, 0.2) is 0 Å². The Kier molecular flexibility index (Phi) is 5.84. The summed E-state index contributed by atoms with van der Waals surface area (Å²) in [6, 6.07) is 17.5. The molecule has 0 aliphatic rings. The number of nitrogens with zero attached hydrogens (tertiary/aromatic N) is 2. The van der Waals surface area contributed by atoms with Crippen LogP contribution in [0.3, 0.4) is 0 Å². The van der Waals surface area contributed by atoms with Crippen molar-refractivity contribution in [3.8, 4) is 5.75 Å². The molecule has 2 aromatic carbocycles. The van der Waals surface area contributed by atoms with Crippen molar-refractivity contribution in [2.75, 3.05) is 13.2 Å². The van der Waals surface area contributed by atoms with Gasteiger partial charge in [-0.3, -0.25) is 5.41 Å². The summed E-state index contributed by atoms with van der Waals surface area (Å²) >= 11 is 0. The van der Waals surface area contributed by atoms with Crippen LogP contribution in [-0.2, 0) is 13.1 Å². The molecule has 0 amide bonds. The summed E-state index contributed by atoms with van der Waals surface area (Å²) in [6.45, 7) is 1.53. The lowest BCUT2D eigenvalue weighted by Crippen LogP contribution is -2.27. The van der Waals surface area contributed by atoms with Crippen LogP contribution in [0, 0.1) is 5.41 Å². The van der Waals surface area contributed by atoms with Gasteiger partial charge < -0.3 is 19.0 Å². The minimum Gasteiger partial charge on any atom is -0.492 e. The van der Waals surface area contributed by atoms with Gasteiger partial charge >= 0.3 is 0 Å². The number of rotatable bonds is 6. The van der Waals surface area contributed by atoms with Gasteiger partial charge in [0.05, 0.1) is 24.2 Å². The molecule has 1 aromatic heterocycles. The number of hydrogen-bond acceptors (Lipinski definition) is 3. The Balaban J connectivity index is 0.00000192. The molecule has 3 aromatic rings. The van der Waals surface area contributed by atoms with Crippen molar-refractivity contribution in [3.63, 3.8) is 0 Å². The molecule has 0 atom stereocenters. The lowest BCUT2D eigenvalue weighted by atomic mass is 10.3. The highest BCUT2D eigenvalue weighted by Gasteiger charge is 2.09. The minimum absolute atomic E-state index is 0. The van der Waals surface area contributed by atoms with Crippen molar-refractivity contribution in [2.45, 2.75) is 13.1 Å². The summed E-state index contributed by atoms with van der Waals surface area (Å²) < 4.78 is 9.45. The molecule has 0 saturated carbocycles. The van der Waals surface area contributed by atoms with E-state index in [1.54, 1.807) is 0 Å². The SMILES string of the molecule is Cl.N=c1n(CCO)c2ccccc2n1CCOc1ccccc1. The lowest BCUT2D eigenvalue weighted by Gasteiger charge is -2.07. The number of imidazole rings is 1. The number of fused-ring (bicyclic) bond motifs is 1. The van der Waals surface area contributed by atoms with Crippen LogP contribution in [0.4, 0.5) is 0 Å². The Morgan fingerprint density at radius 1 is 0.870 bits per heavy atom. The predicted molar refractivity (Wildman–Crippen MR) is 92.1 cm³/mol. The van der Waals surface area contributed by atoms with Gasteiger partial charge in [-0.25, -0.2) is 0 Å². The molecule has 2 N–H and O–H groups in total. The van der Waals surface area contributed by atoms with Crippen molar-refractivity contribution in [3.05, 3.63) is 60.2 Å². The Morgan fingerprint density at radius 3 is 2.04 bits per heavy atom. The second-order valence-electron chi connectivity index (χ2n) is 5.00. The van der Waals surface area contributed by atoms with Gasteiger partial charge in [-0.15, -0.1) is 12.4 Å². The zero-order valence-corrected chi connectivity index (χ0v) is 13.5. The van der Waals surface area contributed by atoms with Crippen molar-refractivity contribution in [1.29, 1.82) is 5.41 Å². The zero-order valence-electron chi connectivity index (χ0n) is 12.7. The molecule has 0 radical (unpaired) electrons. The molecule has 3 rings (SSSR count). The first-order chi connectivity index (χ1) is 10.8. The summed E-state index contributed by atoms with van der Waals surface area (Å²) in [5.41, 5.74) is 2.32. The standard InChI is InChI=1S/C17H19N3O2.ClH/c18-17-19(10-12-21)15-8-4-5-9-16(15)20(17)11-13-22-14-6-2-1-3-7-14;/h1-9,18,21H,10-13H2;1H. The molecular formula is C17H20ClN3O2. The molecule has 1 heterocycles. The second kappa shape index (κ2) is 7.85. The Hall–Kier alpha value is -2.24. The molecule has 0 spiro atoms. The van der Waals surface area contributed by atoms with E-state index in [1.807, 2.05) is 63.7 Å². The highest BCUT2D eigenvalue weighted by Crippen LogP contribution is 2.13. The third-order valence-corrected chi connectivity index (χ3v) is 3.63. The number of hydrogen-bond donors (Lipinski definition) is 2. The lowest BCUT2D eigenvalue weighted by molar-refractivity contribution is 0.272. The van der Waals surface area contributed by atoms with Crippen LogP contribution in [0.1, 0.15) is 0 Å². The first-order valence-corrected chi connectivity index (χ1v) is 7.32. The third kappa shape index (κ3) is 3.57. The van der Waals surface area contributed by atoms with Crippen molar-refractivity contribution < 1.29 is 9.84 Å². The summed E-state index contributed by atoms with van der Waals surface area (Å²) in [4.78, 5) is 0. The largest absolute Gasteiger partial charge is 0.492 e. The second-order valence-corrected chi connectivity index (χ2v) is 5.00. The van der Waals surface area contributed by atoms with E-state index in [-0.39, 0.29) is 19.0 Å². The fraction of sp³-hybridized carbons (Fsp3) is 0.235. The van der Waals surface area contributed by atoms with Gasteiger partial charge in [-0.1, -0.05) is 30.3 Å². The molecule has 6 heteroatoms. The molecule has 0 unspecified atom stereocenters. The number of halogens is 1. The van der Waals surface area contributed by atoms with E-state index in [9.17, 15) is 5.11 Å². The summed E-state index contributed by atoms with van der Waals surface area (Å²) in [7, 11) is 0. The quantitative estimate of drug-likeness (QED) is 0.727. The molecule has 0 fully saturated rings. The normalized spacial score (nSPS) is 10.5. The first kappa shape index (κ1) is 17.1. The summed E-state index contributed by atoms with van der Waals surface area (Å²) in [5, 5.41) is 17.5. The highest BCUT2D eigenvalue weighted by atomic mass is 35.5. The highest BCUT2D eigenvalue weighted by molar-refractivity contribution is 5.85. The van der Waals surface area contributed by atoms with Gasteiger partial charge in [-0.2, -0.15) is 0 Å². The Labute approximate surface area is 140 Å². The van der Waals surface area contributed by atoms with Crippen molar-refractivity contribution in [1.82, 2.24) is 9.13 Å². The average Bonchev–Trinajstić information content (AvgIpc) is 2.82. The monoisotopic (exact) mass is 333 g/mol. The molecule has 0 bridgehead atoms. The van der Waals surface area contributed by atoms with Gasteiger partial charge in [0.1, 0.15) is 12.4 Å². The third-order valence-electron chi connectivity index (χ3n) is 3.63. The number of ether oxygens (including phenoxy) is 1. The maximum Gasteiger partial charge on any atom is 0.203 e. The zero-order chi connectivity index (χ0) is 15.4. The first-order valence-electron chi connectivity index (χ1n) is 7.32. The van der Waals surface area contributed by atoms with Crippen LogP contribution >= 0.6 is 12.4 Å². The Bertz CT molecular complexity index is 812. The van der Waals surface area contributed by atoms with Crippen LogP contribution in [0.15, 0.2) is 54.6 Å². The number of aliphatic hydroxyl groups excluding tert-OH is 1. The number of para-hydroxylation sites is 3. The molecular weight excluding hydrogens is 314 g/mol. The summed E-state index contributed by atoms with van der Waals surface area (Å²) in [5.74, 6) is 0.828. The van der Waals surface area contributed by atoms with Crippen molar-refractivity contribution in [2.24, 2.45) is 0 Å².